The number of anilines is 1. The van der Waals surface area contributed by atoms with Gasteiger partial charge in [0.1, 0.15) is 19.8 Å². The Morgan fingerprint density at radius 3 is 1.94 bits per heavy atom. The molecule has 0 aliphatic carbocycles. The summed E-state index contributed by atoms with van der Waals surface area (Å²) in [5.74, 6) is 0. The fraction of sp³-hybridized carbons (Fsp3) is 0.130. The molecular formula is C23H19N3O6S4. The topological polar surface area (TPSA) is 147 Å². The second-order valence-corrected chi connectivity index (χ2v) is 12.7. The van der Waals surface area contributed by atoms with Crippen LogP contribution in [0.25, 0.3) is 41.6 Å². The van der Waals surface area contributed by atoms with Crippen molar-refractivity contribution >= 4 is 69.0 Å². The Morgan fingerprint density at radius 1 is 0.778 bits per heavy atom. The molecule has 2 heterocycles. The van der Waals surface area contributed by atoms with Crippen LogP contribution in [0, 0.1) is 6.92 Å². The minimum absolute atomic E-state index is 0.114. The number of nitrogens with one attached hydrogen (secondary N) is 1. The molecule has 0 bridgehead atoms. The Hall–Kier alpha value is -2.94. The smallest absolute Gasteiger partial charge is 0.296 e. The van der Waals surface area contributed by atoms with Crippen molar-refractivity contribution in [2.75, 3.05) is 11.9 Å². The average molecular weight is 562 g/mol. The summed E-state index contributed by atoms with van der Waals surface area (Å²) < 4.78 is 69.5. The molecule has 0 atom stereocenters. The molecule has 3 aromatic carbocycles. The van der Waals surface area contributed by atoms with Gasteiger partial charge in [0.25, 0.3) is 20.2 Å². The number of benzene rings is 3. The summed E-state index contributed by atoms with van der Waals surface area (Å²) in [5, 5.41) is 3.96. The van der Waals surface area contributed by atoms with Crippen LogP contribution in [0.4, 0.5) is 5.69 Å². The third kappa shape index (κ3) is 4.38. The third-order valence-corrected chi connectivity index (χ3v) is 9.98. The molecule has 5 rings (SSSR count). The standard InChI is InChI=1S/C23H19N3O6S4/c1-3-24-14-7-5-13(6-8-14)22-25-17-11-9-15(21(19(17)33-22)36(30,31)32)23-26-16-10-4-12(2)20(18(16)34-23)35(27,28)29/h4-11,24H,3H2,1-2H3,(H,27,28,29)(H,30,31,32). The van der Waals surface area contributed by atoms with Gasteiger partial charge in [-0.3, -0.25) is 9.11 Å². The monoisotopic (exact) mass is 561 g/mol. The van der Waals surface area contributed by atoms with Crippen LogP contribution in [0.5, 0.6) is 0 Å². The number of fused-ring (bicyclic) bond motifs is 2. The molecule has 0 fully saturated rings. The lowest BCUT2D eigenvalue weighted by Crippen LogP contribution is -2.01. The number of hydrogen-bond acceptors (Lipinski definition) is 9. The van der Waals surface area contributed by atoms with Crippen LogP contribution >= 0.6 is 22.7 Å². The van der Waals surface area contributed by atoms with Crippen LogP contribution in [0.2, 0.25) is 0 Å². The van der Waals surface area contributed by atoms with E-state index in [1.807, 2.05) is 31.2 Å². The van der Waals surface area contributed by atoms with E-state index >= 15 is 0 Å². The minimum Gasteiger partial charge on any atom is -0.385 e. The van der Waals surface area contributed by atoms with Gasteiger partial charge in [0.15, 0.2) is 0 Å². The first kappa shape index (κ1) is 24.7. The van der Waals surface area contributed by atoms with Gasteiger partial charge in [-0.15, -0.1) is 22.7 Å². The van der Waals surface area contributed by atoms with Crippen molar-refractivity contribution < 1.29 is 25.9 Å². The van der Waals surface area contributed by atoms with E-state index in [2.05, 4.69) is 15.3 Å². The van der Waals surface area contributed by atoms with Crippen LogP contribution in [0.3, 0.4) is 0 Å². The van der Waals surface area contributed by atoms with Crippen molar-refractivity contribution in [2.24, 2.45) is 0 Å². The SMILES string of the molecule is CCNc1ccc(-c2nc3ccc(-c4nc5ccc(C)c(S(=O)(=O)O)c5s4)c(S(=O)(=O)O)c3s2)cc1. The Bertz CT molecular complexity index is 1860. The normalized spacial score (nSPS) is 12.4. The lowest BCUT2D eigenvalue weighted by atomic mass is 10.2. The van der Waals surface area contributed by atoms with Gasteiger partial charge in [0.2, 0.25) is 0 Å². The highest BCUT2D eigenvalue weighted by molar-refractivity contribution is 7.86. The summed E-state index contributed by atoms with van der Waals surface area (Å²) in [6.07, 6.45) is 0. The van der Waals surface area contributed by atoms with Crippen LogP contribution in [0.15, 0.2) is 58.3 Å². The maximum absolute atomic E-state index is 12.6. The van der Waals surface area contributed by atoms with E-state index in [4.69, 9.17) is 0 Å². The predicted molar refractivity (Wildman–Crippen MR) is 142 cm³/mol. The Balaban J connectivity index is 1.73. The molecule has 0 amide bonds. The van der Waals surface area contributed by atoms with Crippen molar-refractivity contribution in [2.45, 2.75) is 23.6 Å². The molecule has 2 aromatic heterocycles. The molecule has 0 saturated carbocycles. The minimum atomic E-state index is -4.72. The van der Waals surface area contributed by atoms with E-state index in [1.54, 1.807) is 19.1 Å². The summed E-state index contributed by atoms with van der Waals surface area (Å²) in [6, 6.07) is 13.8. The van der Waals surface area contributed by atoms with E-state index in [1.165, 1.54) is 12.1 Å². The molecule has 0 radical (unpaired) electrons. The second-order valence-electron chi connectivity index (χ2n) is 7.95. The lowest BCUT2D eigenvalue weighted by Gasteiger charge is -2.05. The summed E-state index contributed by atoms with van der Waals surface area (Å²) in [4.78, 5) is 8.35. The summed E-state index contributed by atoms with van der Waals surface area (Å²) in [5.41, 5.74) is 2.84. The molecule has 0 saturated heterocycles. The van der Waals surface area contributed by atoms with E-state index < -0.39 is 20.2 Å². The molecule has 0 aliphatic rings. The zero-order valence-electron chi connectivity index (χ0n) is 18.9. The number of hydrogen-bond donors (Lipinski definition) is 3. The van der Waals surface area contributed by atoms with Crippen molar-refractivity contribution in [3.63, 3.8) is 0 Å². The summed E-state index contributed by atoms with van der Waals surface area (Å²) >= 11 is 2.04. The molecule has 5 aromatic rings. The number of rotatable bonds is 6. The highest BCUT2D eigenvalue weighted by Crippen LogP contribution is 2.43. The molecule has 186 valence electrons. The van der Waals surface area contributed by atoms with Gasteiger partial charge in [0, 0.05) is 23.4 Å². The van der Waals surface area contributed by atoms with Gasteiger partial charge in [-0.1, -0.05) is 6.07 Å². The highest BCUT2D eigenvalue weighted by atomic mass is 32.2. The molecule has 13 heteroatoms. The Labute approximate surface area is 215 Å². The van der Waals surface area contributed by atoms with E-state index in [-0.39, 0.29) is 35.3 Å². The fourth-order valence-corrected chi connectivity index (χ4v) is 8.60. The largest absolute Gasteiger partial charge is 0.385 e. The van der Waals surface area contributed by atoms with Gasteiger partial charge < -0.3 is 5.32 Å². The maximum Gasteiger partial charge on any atom is 0.296 e. The van der Waals surface area contributed by atoms with Gasteiger partial charge in [-0.25, -0.2) is 9.97 Å². The number of thiazole rings is 2. The summed E-state index contributed by atoms with van der Waals surface area (Å²) in [6.45, 7) is 4.31. The number of nitrogens with zero attached hydrogens (tertiary/aromatic N) is 2. The lowest BCUT2D eigenvalue weighted by molar-refractivity contribution is 0.482. The molecule has 3 N–H and O–H groups in total. The first-order valence-electron chi connectivity index (χ1n) is 10.6. The second kappa shape index (κ2) is 8.87. The van der Waals surface area contributed by atoms with Crippen LogP contribution in [-0.4, -0.2) is 42.5 Å². The van der Waals surface area contributed by atoms with Gasteiger partial charge in [-0.05, 0) is 61.9 Å². The van der Waals surface area contributed by atoms with E-state index in [0.717, 1.165) is 40.5 Å². The quantitative estimate of drug-likeness (QED) is 0.229. The van der Waals surface area contributed by atoms with E-state index in [0.29, 0.717) is 16.1 Å². The number of aryl methyl sites for hydroxylation is 1. The van der Waals surface area contributed by atoms with Crippen molar-refractivity contribution in [1.82, 2.24) is 9.97 Å². The maximum atomic E-state index is 12.6. The first-order valence-corrected chi connectivity index (χ1v) is 15.1. The molecule has 36 heavy (non-hydrogen) atoms. The van der Waals surface area contributed by atoms with Gasteiger partial charge >= 0.3 is 0 Å². The van der Waals surface area contributed by atoms with Crippen LogP contribution in [0.1, 0.15) is 12.5 Å². The van der Waals surface area contributed by atoms with Crippen molar-refractivity contribution in [1.29, 1.82) is 0 Å². The molecule has 0 unspecified atom stereocenters. The predicted octanol–water partition coefficient (Wildman–Crippen LogP) is 5.47. The zero-order chi connectivity index (χ0) is 25.8. The molecule has 0 spiro atoms. The van der Waals surface area contributed by atoms with E-state index in [9.17, 15) is 25.9 Å². The van der Waals surface area contributed by atoms with Crippen molar-refractivity contribution in [3.8, 4) is 21.1 Å². The van der Waals surface area contributed by atoms with Gasteiger partial charge in [0.05, 0.1) is 20.4 Å². The molecule has 9 nitrogen and oxygen atoms in total. The summed E-state index contributed by atoms with van der Waals surface area (Å²) in [7, 11) is -9.26. The molecule has 0 aliphatic heterocycles. The molecular weight excluding hydrogens is 543 g/mol. The number of aromatic nitrogens is 2. The highest BCUT2D eigenvalue weighted by Gasteiger charge is 2.27. The Kier molecular flexibility index (Phi) is 6.09. The fourth-order valence-electron chi connectivity index (χ4n) is 3.95. The van der Waals surface area contributed by atoms with Crippen molar-refractivity contribution in [3.05, 3.63) is 54.1 Å². The van der Waals surface area contributed by atoms with Gasteiger partial charge in [-0.2, -0.15) is 16.8 Å². The van der Waals surface area contributed by atoms with Crippen LogP contribution in [-0.2, 0) is 20.2 Å². The third-order valence-electron chi connectivity index (χ3n) is 5.48. The zero-order valence-corrected chi connectivity index (χ0v) is 22.1. The van der Waals surface area contributed by atoms with Crippen LogP contribution < -0.4 is 5.32 Å². The average Bonchev–Trinajstić information content (AvgIpc) is 3.41. The Morgan fingerprint density at radius 2 is 1.33 bits per heavy atom. The first-order chi connectivity index (χ1) is 17.0.